The van der Waals surface area contributed by atoms with Crippen molar-refractivity contribution in [3.63, 3.8) is 0 Å². The number of nitrogens with one attached hydrogen (secondary N) is 2. The van der Waals surface area contributed by atoms with Gasteiger partial charge in [-0.2, -0.15) is 0 Å². The van der Waals surface area contributed by atoms with Crippen LogP contribution >= 0.6 is 0 Å². The van der Waals surface area contributed by atoms with Gasteiger partial charge < -0.3 is 15.7 Å². The van der Waals surface area contributed by atoms with Crippen molar-refractivity contribution in [2.45, 2.75) is 25.6 Å². The normalized spacial score (nSPS) is 20.7. The van der Waals surface area contributed by atoms with E-state index in [0.29, 0.717) is 11.4 Å². The summed E-state index contributed by atoms with van der Waals surface area (Å²) < 4.78 is 0. The molecule has 5 nitrogen and oxygen atoms in total. The average molecular weight is 233 g/mol. The van der Waals surface area contributed by atoms with Gasteiger partial charge in [-0.05, 0) is 18.6 Å². The number of hydrogen-bond donors (Lipinski definition) is 3. The summed E-state index contributed by atoms with van der Waals surface area (Å²) in [6.45, 7) is 1.96. The highest BCUT2D eigenvalue weighted by Gasteiger charge is 2.27. The maximum absolute atomic E-state index is 10.7. The molecule has 0 aromatic carbocycles. The lowest BCUT2D eigenvalue weighted by Gasteiger charge is -2.13. The van der Waals surface area contributed by atoms with Crippen molar-refractivity contribution in [1.82, 2.24) is 15.6 Å². The number of allylic oxidation sites excluding steroid dienone is 1. The zero-order valence-corrected chi connectivity index (χ0v) is 9.55. The average Bonchev–Trinajstić information content (AvgIpc) is 2.82. The van der Waals surface area contributed by atoms with Crippen LogP contribution in [0, 0.1) is 0 Å². The summed E-state index contributed by atoms with van der Waals surface area (Å²) >= 11 is 0. The van der Waals surface area contributed by atoms with Crippen LogP contribution in [0.2, 0.25) is 0 Å². The lowest BCUT2D eigenvalue weighted by Crippen LogP contribution is -2.35. The lowest BCUT2D eigenvalue weighted by atomic mass is 10.1. The molecule has 2 heterocycles. The predicted octanol–water partition coefficient (Wildman–Crippen LogP) is 0.454. The Bertz CT molecular complexity index is 431. The summed E-state index contributed by atoms with van der Waals surface area (Å²) in [4.78, 5) is 14.8. The summed E-state index contributed by atoms with van der Waals surface area (Å²) in [6.07, 6.45) is 1.83. The number of aliphatic hydroxyl groups excluding tert-OH is 1. The lowest BCUT2D eigenvalue weighted by molar-refractivity contribution is -0.109. The number of aromatic nitrogens is 1. The second-order valence-corrected chi connectivity index (χ2v) is 3.81. The van der Waals surface area contributed by atoms with Crippen molar-refractivity contribution < 1.29 is 9.90 Å². The van der Waals surface area contributed by atoms with Crippen molar-refractivity contribution in [3.05, 3.63) is 41.5 Å². The highest BCUT2D eigenvalue weighted by atomic mass is 16.3. The second-order valence-electron chi connectivity index (χ2n) is 3.81. The molecular weight excluding hydrogens is 218 g/mol. The van der Waals surface area contributed by atoms with Gasteiger partial charge in [0.2, 0.25) is 0 Å². The zero-order chi connectivity index (χ0) is 12.3. The quantitative estimate of drug-likeness (QED) is 0.659. The van der Waals surface area contributed by atoms with Crippen LogP contribution in [0.15, 0.2) is 35.8 Å². The van der Waals surface area contributed by atoms with Crippen LogP contribution in [0.5, 0.6) is 0 Å². The number of hydrogen-bond acceptors (Lipinski definition) is 5. The molecular formula is C12H15N3O2. The molecule has 0 fully saturated rings. The molecule has 0 radical (unpaired) electrons. The van der Waals surface area contributed by atoms with Gasteiger partial charge in [-0.3, -0.25) is 9.78 Å². The molecule has 0 bridgehead atoms. The van der Waals surface area contributed by atoms with Crippen LogP contribution in [0.4, 0.5) is 0 Å². The third-order valence-corrected chi connectivity index (χ3v) is 2.70. The second kappa shape index (κ2) is 4.97. The van der Waals surface area contributed by atoms with Gasteiger partial charge >= 0.3 is 0 Å². The summed E-state index contributed by atoms with van der Waals surface area (Å²) in [7, 11) is 0. The van der Waals surface area contributed by atoms with E-state index in [-0.39, 0.29) is 0 Å². The number of carbonyl (C=O) groups is 1. The van der Waals surface area contributed by atoms with Crippen LogP contribution < -0.4 is 10.6 Å². The molecule has 2 unspecified atom stereocenters. The zero-order valence-electron chi connectivity index (χ0n) is 9.55. The monoisotopic (exact) mass is 233 g/mol. The molecule has 3 N–H and O–H groups in total. The molecule has 0 spiro atoms. The number of nitrogens with zero attached hydrogens (tertiary/aromatic N) is 1. The summed E-state index contributed by atoms with van der Waals surface area (Å²) in [5.74, 6) is 0. The SMILES string of the molecule is CCC1=C(C(O)c2ccccn2)NC(C=O)N1. The van der Waals surface area contributed by atoms with Crippen LogP contribution in [-0.2, 0) is 4.79 Å². The first kappa shape index (κ1) is 11.6. The van der Waals surface area contributed by atoms with Crippen LogP contribution in [0.3, 0.4) is 0 Å². The summed E-state index contributed by atoms with van der Waals surface area (Å²) in [6, 6.07) is 5.36. The van der Waals surface area contributed by atoms with E-state index >= 15 is 0 Å². The Hall–Kier alpha value is -1.88. The summed E-state index contributed by atoms with van der Waals surface area (Å²) in [5, 5.41) is 16.2. The van der Waals surface area contributed by atoms with E-state index in [0.717, 1.165) is 18.4 Å². The molecule has 2 atom stereocenters. The Balaban J connectivity index is 2.24. The standard InChI is InChI=1S/C12H15N3O2/c1-2-8-11(15-10(7-16)14-8)12(17)9-5-3-4-6-13-9/h3-7,10,12,14-15,17H,2H2,1H3. The molecule has 0 saturated carbocycles. The molecule has 90 valence electrons. The molecule has 5 heteroatoms. The van der Waals surface area contributed by atoms with E-state index in [2.05, 4.69) is 15.6 Å². The van der Waals surface area contributed by atoms with Crippen molar-refractivity contribution in [3.8, 4) is 0 Å². The predicted molar refractivity (Wildman–Crippen MR) is 62.6 cm³/mol. The molecule has 0 amide bonds. The fraction of sp³-hybridized carbons (Fsp3) is 0.333. The minimum Gasteiger partial charge on any atom is -0.380 e. The van der Waals surface area contributed by atoms with Gasteiger partial charge in [0.05, 0.1) is 11.4 Å². The van der Waals surface area contributed by atoms with Gasteiger partial charge in [0, 0.05) is 11.9 Å². The first-order chi connectivity index (χ1) is 8.26. The first-order valence-electron chi connectivity index (χ1n) is 5.56. The van der Waals surface area contributed by atoms with Gasteiger partial charge in [-0.1, -0.05) is 13.0 Å². The number of carbonyl (C=O) groups excluding carboxylic acids is 1. The fourth-order valence-electron chi connectivity index (χ4n) is 1.85. The maximum atomic E-state index is 10.7. The minimum absolute atomic E-state index is 0.460. The van der Waals surface area contributed by atoms with E-state index in [4.69, 9.17) is 0 Å². The van der Waals surface area contributed by atoms with Gasteiger partial charge in [0.25, 0.3) is 0 Å². The van der Waals surface area contributed by atoms with Gasteiger partial charge in [-0.25, -0.2) is 0 Å². The Morgan fingerprint density at radius 2 is 2.35 bits per heavy atom. The van der Waals surface area contributed by atoms with Crippen molar-refractivity contribution in [2.24, 2.45) is 0 Å². The molecule has 1 aliphatic heterocycles. The fourth-order valence-corrected chi connectivity index (χ4v) is 1.85. The Morgan fingerprint density at radius 3 is 2.94 bits per heavy atom. The highest BCUT2D eigenvalue weighted by Crippen LogP contribution is 2.24. The van der Waals surface area contributed by atoms with E-state index in [9.17, 15) is 9.90 Å². The van der Waals surface area contributed by atoms with Crippen LogP contribution in [0.25, 0.3) is 0 Å². The van der Waals surface area contributed by atoms with Gasteiger partial charge in [0.1, 0.15) is 6.10 Å². The van der Waals surface area contributed by atoms with Crippen molar-refractivity contribution >= 4 is 6.29 Å². The van der Waals surface area contributed by atoms with E-state index < -0.39 is 12.3 Å². The molecule has 17 heavy (non-hydrogen) atoms. The van der Waals surface area contributed by atoms with Crippen LogP contribution in [0.1, 0.15) is 25.1 Å². The Morgan fingerprint density at radius 1 is 1.53 bits per heavy atom. The maximum Gasteiger partial charge on any atom is 0.162 e. The minimum atomic E-state index is -0.830. The van der Waals surface area contributed by atoms with Gasteiger partial charge in [-0.15, -0.1) is 0 Å². The third-order valence-electron chi connectivity index (χ3n) is 2.70. The number of rotatable bonds is 4. The number of pyridine rings is 1. The summed E-state index contributed by atoms with van der Waals surface area (Å²) in [5.41, 5.74) is 2.04. The first-order valence-corrected chi connectivity index (χ1v) is 5.56. The molecule has 0 saturated heterocycles. The molecule has 1 aromatic heterocycles. The van der Waals surface area contributed by atoms with E-state index in [1.165, 1.54) is 0 Å². The molecule has 1 aromatic rings. The Labute approximate surface area is 99.6 Å². The number of aldehydes is 1. The topological polar surface area (TPSA) is 74.2 Å². The molecule has 1 aliphatic rings. The third kappa shape index (κ3) is 2.29. The Kier molecular flexibility index (Phi) is 3.39. The van der Waals surface area contributed by atoms with E-state index in [1.54, 1.807) is 18.3 Å². The smallest absolute Gasteiger partial charge is 0.162 e. The molecule has 0 aliphatic carbocycles. The number of aliphatic hydroxyl groups is 1. The molecule has 2 rings (SSSR count). The van der Waals surface area contributed by atoms with Crippen molar-refractivity contribution in [2.75, 3.05) is 0 Å². The largest absolute Gasteiger partial charge is 0.380 e. The van der Waals surface area contributed by atoms with E-state index in [1.807, 2.05) is 13.0 Å². The highest BCUT2D eigenvalue weighted by molar-refractivity contribution is 5.60. The van der Waals surface area contributed by atoms with Gasteiger partial charge in [0.15, 0.2) is 12.5 Å². The van der Waals surface area contributed by atoms with Crippen LogP contribution in [-0.4, -0.2) is 22.5 Å². The van der Waals surface area contributed by atoms with Crippen molar-refractivity contribution in [1.29, 1.82) is 0 Å².